The first-order valence-corrected chi connectivity index (χ1v) is 9.66. The zero-order chi connectivity index (χ0) is 18.2. The molecule has 0 saturated heterocycles. The van der Waals surface area contributed by atoms with Gasteiger partial charge >= 0.3 is 0 Å². The van der Waals surface area contributed by atoms with Crippen LogP contribution in [-0.2, 0) is 4.79 Å². The Morgan fingerprint density at radius 3 is 2.50 bits per heavy atom. The Kier molecular flexibility index (Phi) is 6.44. The van der Waals surface area contributed by atoms with Crippen LogP contribution in [0.1, 0.15) is 24.8 Å². The first-order chi connectivity index (χ1) is 12.8. The van der Waals surface area contributed by atoms with Crippen molar-refractivity contribution in [2.45, 2.75) is 24.4 Å². The second-order valence-electron chi connectivity index (χ2n) is 5.92. The Morgan fingerprint density at radius 1 is 1.12 bits per heavy atom. The maximum Gasteiger partial charge on any atom is 0.230 e. The van der Waals surface area contributed by atoms with E-state index >= 15 is 0 Å². The van der Waals surface area contributed by atoms with Gasteiger partial charge in [0.15, 0.2) is 0 Å². The average molecular weight is 366 g/mol. The predicted molar refractivity (Wildman–Crippen MR) is 105 cm³/mol. The number of aromatic nitrogens is 3. The van der Waals surface area contributed by atoms with Gasteiger partial charge in [-0.15, -0.1) is 5.10 Å². The number of thioether (sulfide) groups is 1. The summed E-state index contributed by atoms with van der Waals surface area (Å²) in [5.74, 6) is 0.644. The second kappa shape index (κ2) is 9.20. The highest BCUT2D eigenvalue weighted by Crippen LogP contribution is 2.18. The number of nitrogens with zero attached hydrogens (tertiary/aromatic N) is 3. The highest BCUT2D eigenvalue weighted by molar-refractivity contribution is 7.99. The van der Waals surface area contributed by atoms with Gasteiger partial charge in [-0.3, -0.25) is 4.79 Å². The number of para-hydroxylation sites is 1. The molecule has 1 unspecified atom stereocenters. The molecule has 1 heterocycles. The summed E-state index contributed by atoms with van der Waals surface area (Å²) >= 11 is 1.34. The van der Waals surface area contributed by atoms with Gasteiger partial charge in [-0.1, -0.05) is 67.2 Å². The normalized spacial score (nSPS) is 11.9. The van der Waals surface area contributed by atoms with Crippen molar-refractivity contribution in [1.82, 2.24) is 20.1 Å². The third kappa shape index (κ3) is 4.95. The molecule has 134 valence electrons. The van der Waals surface area contributed by atoms with Crippen LogP contribution in [0.15, 0.2) is 72.1 Å². The van der Waals surface area contributed by atoms with E-state index in [1.807, 2.05) is 48.5 Å². The fraction of sp³-hybridized carbons (Fsp3) is 0.250. The third-order valence-corrected chi connectivity index (χ3v) is 4.99. The first kappa shape index (κ1) is 18.2. The largest absolute Gasteiger partial charge is 0.355 e. The van der Waals surface area contributed by atoms with Crippen LogP contribution >= 0.6 is 11.8 Å². The SMILES string of the molecule is CCC(CNC(=O)CSc1ncn(-c2ccccc2)n1)c1ccccc1. The minimum atomic E-state index is 0.000409. The summed E-state index contributed by atoms with van der Waals surface area (Å²) in [6, 6.07) is 20.1. The van der Waals surface area contributed by atoms with Crippen molar-refractivity contribution in [2.24, 2.45) is 0 Å². The molecule has 0 aliphatic heterocycles. The quantitative estimate of drug-likeness (QED) is 0.618. The Balaban J connectivity index is 1.48. The lowest BCUT2D eigenvalue weighted by molar-refractivity contribution is -0.118. The van der Waals surface area contributed by atoms with Crippen LogP contribution < -0.4 is 5.32 Å². The molecule has 1 atom stereocenters. The molecule has 6 heteroatoms. The van der Waals surface area contributed by atoms with Crippen molar-refractivity contribution in [2.75, 3.05) is 12.3 Å². The standard InChI is InChI=1S/C20H22N4OS/c1-2-16(17-9-5-3-6-10-17)13-21-19(25)14-26-20-22-15-24(23-20)18-11-7-4-8-12-18/h3-12,15-16H,2,13-14H2,1H3,(H,21,25). The molecule has 1 N–H and O–H groups in total. The summed E-state index contributed by atoms with van der Waals surface area (Å²) in [5.41, 5.74) is 2.20. The summed E-state index contributed by atoms with van der Waals surface area (Å²) in [4.78, 5) is 16.4. The topological polar surface area (TPSA) is 59.8 Å². The molecule has 0 radical (unpaired) electrons. The fourth-order valence-electron chi connectivity index (χ4n) is 2.66. The van der Waals surface area contributed by atoms with Crippen LogP contribution in [0.2, 0.25) is 0 Å². The lowest BCUT2D eigenvalue weighted by Gasteiger charge is -2.16. The van der Waals surface area contributed by atoms with E-state index in [1.165, 1.54) is 17.3 Å². The van der Waals surface area contributed by atoms with Crippen molar-refractivity contribution >= 4 is 17.7 Å². The monoisotopic (exact) mass is 366 g/mol. The van der Waals surface area contributed by atoms with Crippen LogP contribution in [0.5, 0.6) is 0 Å². The van der Waals surface area contributed by atoms with Gasteiger partial charge in [0.1, 0.15) is 6.33 Å². The number of carbonyl (C=O) groups is 1. The molecule has 0 saturated carbocycles. The van der Waals surface area contributed by atoms with Gasteiger partial charge in [-0.2, -0.15) is 0 Å². The number of nitrogens with one attached hydrogen (secondary N) is 1. The minimum absolute atomic E-state index is 0.000409. The summed E-state index contributed by atoms with van der Waals surface area (Å²) in [5, 5.41) is 8.02. The molecule has 0 aliphatic carbocycles. The number of benzene rings is 2. The Labute approximate surface area is 157 Å². The Morgan fingerprint density at radius 2 is 1.81 bits per heavy atom. The van der Waals surface area contributed by atoms with Crippen molar-refractivity contribution in [3.8, 4) is 5.69 Å². The number of hydrogen-bond acceptors (Lipinski definition) is 4. The van der Waals surface area contributed by atoms with Crippen LogP contribution in [0.25, 0.3) is 5.69 Å². The maximum atomic E-state index is 12.2. The molecule has 0 spiro atoms. The molecule has 26 heavy (non-hydrogen) atoms. The van der Waals surface area contributed by atoms with E-state index in [0.29, 0.717) is 23.4 Å². The number of amides is 1. The molecule has 0 fully saturated rings. The van der Waals surface area contributed by atoms with Crippen LogP contribution in [0, 0.1) is 0 Å². The zero-order valence-corrected chi connectivity index (χ0v) is 15.5. The highest BCUT2D eigenvalue weighted by atomic mass is 32.2. The lowest BCUT2D eigenvalue weighted by atomic mass is 9.96. The number of carbonyl (C=O) groups excluding carboxylic acids is 1. The minimum Gasteiger partial charge on any atom is -0.355 e. The summed E-state index contributed by atoms with van der Waals surface area (Å²) < 4.78 is 1.71. The maximum absolute atomic E-state index is 12.2. The number of hydrogen-bond donors (Lipinski definition) is 1. The van der Waals surface area contributed by atoms with Gasteiger partial charge < -0.3 is 5.32 Å². The van der Waals surface area contributed by atoms with Crippen molar-refractivity contribution < 1.29 is 4.79 Å². The molecule has 2 aromatic carbocycles. The van der Waals surface area contributed by atoms with Crippen LogP contribution in [0.4, 0.5) is 0 Å². The molecule has 0 bridgehead atoms. The van der Waals surface area contributed by atoms with E-state index in [0.717, 1.165) is 12.1 Å². The molecule has 5 nitrogen and oxygen atoms in total. The fourth-order valence-corrected chi connectivity index (χ4v) is 3.29. The summed E-state index contributed by atoms with van der Waals surface area (Å²) in [6.45, 7) is 2.78. The second-order valence-corrected chi connectivity index (χ2v) is 6.86. The Bertz CT molecular complexity index is 820. The van der Waals surface area contributed by atoms with Crippen LogP contribution in [-0.4, -0.2) is 33.0 Å². The third-order valence-electron chi connectivity index (χ3n) is 4.13. The van der Waals surface area contributed by atoms with E-state index in [-0.39, 0.29) is 5.91 Å². The zero-order valence-electron chi connectivity index (χ0n) is 14.7. The van der Waals surface area contributed by atoms with Crippen molar-refractivity contribution in [1.29, 1.82) is 0 Å². The van der Waals surface area contributed by atoms with E-state index in [2.05, 4.69) is 34.5 Å². The van der Waals surface area contributed by atoms with Gasteiger partial charge in [-0.05, 0) is 24.1 Å². The van der Waals surface area contributed by atoms with Gasteiger partial charge in [0, 0.05) is 12.5 Å². The van der Waals surface area contributed by atoms with E-state index in [4.69, 9.17) is 0 Å². The first-order valence-electron chi connectivity index (χ1n) is 8.67. The van der Waals surface area contributed by atoms with E-state index < -0.39 is 0 Å². The average Bonchev–Trinajstić information content (AvgIpc) is 3.17. The smallest absolute Gasteiger partial charge is 0.230 e. The van der Waals surface area contributed by atoms with Crippen molar-refractivity contribution in [3.05, 3.63) is 72.6 Å². The highest BCUT2D eigenvalue weighted by Gasteiger charge is 2.12. The molecule has 1 amide bonds. The van der Waals surface area contributed by atoms with Gasteiger partial charge in [-0.25, -0.2) is 9.67 Å². The number of rotatable bonds is 8. The Hall–Kier alpha value is -2.60. The van der Waals surface area contributed by atoms with E-state index in [9.17, 15) is 4.79 Å². The van der Waals surface area contributed by atoms with Crippen LogP contribution in [0.3, 0.4) is 0 Å². The summed E-state index contributed by atoms with van der Waals surface area (Å²) in [6.07, 6.45) is 2.65. The molecular weight excluding hydrogens is 344 g/mol. The molecule has 0 aliphatic rings. The van der Waals surface area contributed by atoms with Gasteiger partial charge in [0.05, 0.1) is 11.4 Å². The lowest BCUT2D eigenvalue weighted by Crippen LogP contribution is -2.29. The molecule has 1 aromatic heterocycles. The van der Waals surface area contributed by atoms with E-state index in [1.54, 1.807) is 11.0 Å². The van der Waals surface area contributed by atoms with Gasteiger partial charge in [0.2, 0.25) is 11.1 Å². The summed E-state index contributed by atoms with van der Waals surface area (Å²) in [7, 11) is 0. The van der Waals surface area contributed by atoms with Crippen molar-refractivity contribution in [3.63, 3.8) is 0 Å². The molecule has 3 aromatic rings. The molecule has 3 rings (SSSR count). The van der Waals surface area contributed by atoms with Gasteiger partial charge in [0.25, 0.3) is 0 Å². The predicted octanol–water partition coefficient (Wildman–Crippen LogP) is 3.67. The molecular formula is C20H22N4OS.